The van der Waals surface area contributed by atoms with Crippen LogP contribution in [-0.4, -0.2) is 36.8 Å². The van der Waals surface area contributed by atoms with Gasteiger partial charge in [-0.2, -0.15) is 11.6 Å². The molecule has 0 aromatic rings. The van der Waals surface area contributed by atoms with Crippen molar-refractivity contribution >= 4 is 17.5 Å². The predicted octanol–water partition coefficient (Wildman–Crippen LogP) is 10.1. The second-order valence-electron chi connectivity index (χ2n) is 14.7. The van der Waals surface area contributed by atoms with Crippen molar-refractivity contribution in [3.63, 3.8) is 0 Å². The van der Waals surface area contributed by atoms with Crippen LogP contribution in [0, 0.1) is 53.4 Å². The summed E-state index contributed by atoms with van der Waals surface area (Å²) in [6, 6.07) is 0.0171. The Bertz CT molecular complexity index is 1440. The first kappa shape index (κ1) is 27.9. The molecule has 6 heteroatoms. The van der Waals surface area contributed by atoms with E-state index in [0.29, 0.717) is 18.4 Å². The Morgan fingerprint density at radius 3 is 2.82 bits per heavy atom. The molecule has 2 aliphatic carbocycles. The molecule has 7 aliphatic rings. The minimum Gasteiger partial charge on any atom is -0.769 e. The topological polar surface area (TPSA) is 49.8 Å². The van der Waals surface area contributed by atoms with E-state index in [4.69, 9.17) is 16.9 Å². The first-order valence-electron chi connectivity index (χ1n) is 19.1. The summed E-state index contributed by atoms with van der Waals surface area (Å²) in [5.74, 6) is 4.13. The van der Waals surface area contributed by atoms with E-state index in [1.807, 2.05) is 26.8 Å². The Labute approximate surface area is 292 Å². The molecule has 5 heterocycles. The quantitative estimate of drug-likeness (QED) is 0.267. The fourth-order valence-corrected chi connectivity index (χ4v) is 8.58. The van der Waals surface area contributed by atoms with Crippen molar-refractivity contribution < 1.29 is 31.7 Å². The van der Waals surface area contributed by atoms with E-state index >= 15 is 0 Å². The van der Waals surface area contributed by atoms with E-state index in [1.54, 1.807) is 17.8 Å². The Balaban J connectivity index is 0.000000246. The van der Waals surface area contributed by atoms with Gasteiger partial charge in [-0.25, -0.2) is 17.0 Å². The maximum Gasteiger partial charge on any atom is 0.175 e. The largest absolute Gasteiger partial charge is 0.769 e. The van der Waals surface area contributed by atoms with Crippen molar-refractivity contribution in [1.82, 2.24) is 0 Å². The third kappa shape index (κ3) is 7.67. The zero-order valence-electron chi connectivity index (χ0n) is 32.3. The fourth-order valence-electron chi connectivity index (χ4n) is 7.25. The summed E-state index contributed by atoms with van der Waals surface area (Å²) in [4.78, 5) is 5.74. The summed E-state index contributed by atoms with van der Waals surface area (Å²) in [5.41, 5.74) is 4.63. The molecule has 7 rings (SSSR count). The summed E-state index contributed by atoms with van der Waals surface area (Å²) >= 11 is 1.80. The van der Waals surface area contributed by atoms with Gasteiger partial charge in [0.2, 0.25) is 0 Å². The van der Waals surface area contributed by atoms with Gasteiger partial charge in [-0.05, 0) is 59.6 Å². The molecule has 0 aromatic heterocycles. The molecule has 1 saturated heterocycles. The monoisotopic (exact) mass is 797 g/mol. The number of nitrogens with zero attached hydrogens (tertiary/aromatic N) is 3. The Hall–Kier alpha value is -1.20. The van der Waals surface area contributed by atoms with E-state index in [2.05, 4.69) is 49.7 Å². The Morgan fingerprint density at radius 1 is 1.25 bits per heavy atom. The van der Waals surface area contributed by atoms with Gasteiger partial charge in [0.1, 0.15) is 0 Å². The summed E-state index contributed by atoms with van der Waals surface area (Å²) in [5, 5.41) is 9.69. The van der Waals surface area contributed by atoms with Crippen molar-refractivity contribution in [1.29, 1.82) is 0 Å². The third-order valence-corrected chi connectivity index (χ3v) is 11.3. The molecule has 0 amide bonds. The maximum atomic E-state index is 8.78. The van der Waals surface area contributed by atoms with Gasteiger partial charge in [0.05, 0.1) is 0 Å². The molecule has 0 N–H and O–H groups in total. The average Bonchev–Trinajstić information content (AvgIpc) is 3.63. The average molecular weight is 797 g/mol. The molecule has 44 heavy (non-hydrogen) atoms. The van der Waals surface area contributed by atoms with Gasteiger partial charge in [-0.1, -0.05) is 84.3 Å². The van der Waals surface area contributed by atoms with Gasteiger partial charge in [-0.15, -0.1) is 43.7 Å². The Kier molecular flexibility index (Phi) is 9.05. The molecule has 0 aromatic carbocycles. The van der Waals surface area contributed by atoms with Crippen molar-refractivity contribution in [3.8, 4) is 0 Å². The van der Waals surface area contributed by atoms with Gasteiger partial charge in [0.15, 0.2) is 6.23 Å². The van der Waals surface area contributed by atoms with E-state index in [1.165, 1.54) is 34.6 Å². The van der Waals surface area contributed by atoms with Crippen LogP contribution in [0.15, 0.2) is 56.3 Å². The summed E-state index contributed by atoms with van der Waals surface area (Å²) < 4.78 is 46.9. The van der Waals surface area contributed by atoms with Gasteiger partial charge >= 0.3 is 0 Å². The molecule has 0 spiro atoms. The second-order valence-corrected chi connectivity index (χ2v) is 15.8. The van der Waals surface area contributed by atoms with Crippen LogP contribution in [0.1, 0.15) is 100 Å². The number of ether oxygens (including phenoxy) is 1. The van der Waals surface area contributed by atoms with Crippen molar-refractivity contribution in [3.05, 3.63) is 74.4 Å². The number of hydrogen-bond acceptors (Lipinski definition) is 3. The maximum absolute atomic E-state index is 8.78. The minimum atomic E-state index is -2.22. The number of aliphatic imine (C=N–C) groups is 1. The van der Waals surface area contributed by atoms with Crippen LogP contribution < -0.4 is 0 Å². The van der Waals surface area contributed by atoms with Crippen LogP contribution in [-0.2, 0) is 24.8 Å². The van der Waals surface area contributed by atoms with Crippen LogP contribution in [0.3, 0.4) is 0 Å². The molecule has 2 unspecified atom stereocenters. The number of dihydropyridines is 1. The van der Waals surface area contributed by atoms with Crippen LogP contribution >= 0.6 is 11.8 Å². The van der Waals surface area contributed by atoms with Crippen molar-refractivity contribution in [2.24, 2.45) is 45.9 Å². The van der Waals surface area contributed by atoms with E-state index in [0.717, 1.165) is 55.2 Å². The third-order valence-electron chi connectivity index (χ3n) is 10.0. The number of thioether (sulfide) groups is 1. The summed E-state index contributed by atoms with van der Waals surface area (Å²) in [6.07, 6.45) is 16.3. The second kappa shape index (κ2) is 14.3. The van der Waals surface area contributed by atoms with E-state index in [9.17, 15) is 0 Å². The van der Waals surface area contributed by atoms with Crippen molar-refractivity contribution in [2.75, 3.05) is 18.8 Å². The molecule has 0 bridgehead atoms. The van der Waals surface area contributed by atoms with Gasteiger partial charge in [0.25, 0.3) is 0 Å². The van der Waals surface area contributed by atoms with Crippen LogP contribution in [0.4, 0.5) is 0 Å². The molecular weight excluding hydrogens is 739 g/mol. The predicted molar refractivity (Wildman–Crippen MR) is 183 cm³/mol. The van der Waals surface area contributed by atoms with Crippen LogP contribution in [0.5, 0.6) is 0 Å². The molecule has 1 radical (unpaired) electrons. The van der Waals surface area contributed by atoms with Gasteiger partial charge in [0, 0.05) is 44.3 Å². The minimum absolute atomic E-state index is 0. The summed E-state index contributed by atoms with van der Waals surface area (Å²) in [7, 11) is 0. The normalized spacial score (nSPS) is 38.4. The summed E-state index contributed by atoms with van der Waals surface area (Å²) in [6.45, 7) is 12.2. The van der Waals surface area contributed by atoms with Crippen LogP contribution in [0.2, 0.25) is 0 Å². The first-order chi connectivity index (χ1) is 22.5. The van der Waals surface area contributed by atoms with Gasteiger partial charge < -0.3 is 21.1 Å². The molecule has 4 nitrogen and oxygen atoms in total. The standard InChI is InChI=1S/C24H32N2OS.C14H21N.Ir/c1-14-8-9-17-16-6-5-7-18(22(16)27-23(17)26-14)20-10-21-19(12-25-20)15(13-28-21)11-24(2,3)4;1-10-4-6-13(7-5-10)14-8-11(2)12(3)9-15-14;/h7-9,15-17,20,23H,5-6,10-13H2,1-4H3;8,10-12H,4-6,9H2,1-3H3;/q2*-2;/t15-,16?,17?,20-,23+;10-,11+,12-;/m11./s1/i1D3,11D2;;. The smallest absolute Gasteiger partial charge is 0.175 e. The van der Waals surface area contributed by atoms with Gasteiger partial charge in [-0.3, -0.25) is 6.08 Å². The zero-order valence-corrected chi connectivity index (χ0v) is 30.5. The molecule has 8 atom stereocenters. The van der Waals surface area contributed by atoms with Crippen molar-refractivity contribution in [2.45, 2.75) is 106 Å². The number of hydrogen-bond donors (Lipinski definition) is 0. The molecule has 0 saturated carbocycles. The molecular formula is C38H53IrN3OS-4. The SMILES string of the molecule is C[C@H]1C[C-]=C(C2=C[C@H](C)[C@H](C)C[N-]2)CC1.[2H]C([2H])([2H])C1=N[C@H]2OC3=C([C@H]4CC5=C(C[N-]4)[C@H](C([2H])([2H])C(C)(C)C)CS5)[CH-]CCC3C2C=C1.[Ir]. The first-order valence-corrected chi connectivity index (χ1v) is 17.5. The molecule has 5 aliphatic heterocycles. The Morgan fingerprint density at radius 2 is 2.09 bits per heavy atom. The number of fused-ring (bicyclic) bond motifs is 3. The molecule has 1 fully saturated rings. The zero-order chi connectivity index (χ0) is 34.6. The van der Waals surface area contributed by atoms with E-state index in [-0.39, 0.29) is 49.6 Å². The van der Waals surface area contributed by atoms with Crippen LogP contribution in [0.25, 0.3) is 10.6 Å². The number of allylic oxidation sites excluding steroid dienone is 5. The fraction of sp³-hybridized carbons (Fsp3) is 0.684. The van der Waals surface area contributed by atoms with E-state index < -0.39 is 24.9 Å². The molecule has 245 valence electrons. The number of rotatable bonds is 3.